The maximum Gasteiger partial charge on any atom is 0.248 e. The Bertz CT molecular complexity index is 1230. The molecule has 1 aromatic carbocycles. The van der Waals surface area contributed by atoms with E-state index in [1.54, 1.807) is 13.0 Å². The van der Waals surface area contributed by atoms with Crippen LogP contribution in [0.15, 0.2) is 40.9 Å². The van der Waals surface area contributed by atoms with Gasteiger partial charge in [-0.25, -0.2) is 0 Å². The van der Waals surface area contributed by atoms with E-state index in [1.165, 1.54) is 0 Å². The number of benzene rings is 1. The van der Waals surface area contributed by atoms with Gasteiger partial charge in [-0.15, -0.1) is 0 Å². The van der Waals surface area contributed by atoms with Crippen molar-refractivity contribution in [2.75, 3.05) is 19.7 Å². The third kappa shape index (κ3) is 3.50. The minimum Gasteiger partial charge on any atom is -0.512 e. The molecule has 1 heterocycles. The molecular formula is C26H29ClN2O6. The summed E-state index contributed by atoms with van der Waals surface area (Å²) in [6.45, 7) is 2.92. The maximum absolute atomic E-state index is 13.8. The summed E-state index contributed by atoms with van der Waals surface area (Å²) in [4.78, 5) is 28.1. The Morgan fingerprint density at radius 1 is 1.23 bits per heavy atom. The van der Waals surface area contributed by atoms with Crippen LogP contribution < -0.4 is 5.73 Å². The van der Waals surface area contributed by atoms with Crippen LogP contribution in [0.25, 0.3) is 0 Å². The zero-order valence-electron chi connectivity index (χ0n) is 19.4. The van der Waals surface area contributed by atoms with E-state index < -0.39 is 29.6 Å². The Balaban J connectivity index is 1.61. The first kappa shape index (κ1) is 23.9. The molecule has 6 N–H and O–H groups in total. The molecule has 0 saturated carbocycles. The molecule has 9 heteroatoms. The average Bonchev–Trinajstić information content (AvgIpc) is 3.29. The Hall–Kier alpha value is -2.81. The number of nitrogens with zero attached hydrogens (tertiary/aromatic N) is 1. The van der Waals surface area contributed by atoms with Crippen molar-refractivity contribution in [1.82, 2.24) is 4.90 Å². The summed E-state index contributed by atoms with van der Waals surface area (Å²) in [5.74, 6) is -3.36. The highest BCUT2D eigenvalue weighted by Crippen LogP contribution is 2.57. The van der Waals surface area contributed by atoms with Crippen molar-refractivity contribution in [2.45, 2.75) is 32.7 Å². The highest BCUT2D eigenvalue weighted by Gasteiger charge is 2.55. The van der Waals surface area contributed by atoms with E-state index in [0.717, 1.165) is 13.1 Å². The smallest absolute Gasteiger partial charge is 0.248 e. The number of fused-ring (bicyclic) bond motifs is 3. The fourth-order valence-corrected chi connectivity index (χ4v) is 7.04. The van der Waals surface area contributed by atoms with E-state index in [2.05, 4.69) is 4.90 Å². The molecule has 0 radical (unpaired) electrons. The van der Waals surface area contributed by atoms with Crippen LogP contribution in [-0.4, -0.2) is 56.7 Å². The Labute approximate surface area is 208 Å². The van der Waals surface area contributed by atoms with Crippen LogP contribution in [0.5, 0.6) is 5.75 Å². The zero-order valence-corrected chi connectivity index (χ0v) is 20.2. The van der Waals surface area contributed by atoms with E-state index >= 15 is 0 Å². The lowest BCUT2D eigenvalue weighted by Gasteiger charge is -2.49. The molecule has 0 fully saturated rings. The average molecular weight is 501 g/mol. The molecular weight excluding hydrogens is 472 g/mol. The topological polar surface area (TPSA) is 144 Å². The van der Waals surface area contributed by atoms with Crippen molar-refractivity contribution in [3.05, 3.63) is 62.6 Å². The minimum atomic E-state index is -1.36. The third-order valence-electron chi connectivity index (χ3n) is 8.26. The van der Waals surface area contributed by atoms with Gasteiger partial charge in [0.25, 0.3) is 0 Å². The molecule has 8 nitrogen and oxygen atoms in total. The van der Waals surface area contributed by atoms with Crippen molar-refractivity contribution in [3.63, 3.8) is 0 Å². The number of aromatic hydroxyl groups is 1. The number of halogens is 1. The lowest BCUT2D eigenvalue weighted by Crippen LogP contribution is -2.50. The Kier molecular flexibility index (Phi) is 5.74. The Morgan fingerprint density at radius 2 is 1.91 bits per heavy atom. The number of phenols is 1. The van der Waals surface area contributed by atoms with Gasteiger partial charge in [-0.1, -0.05) is 30.7 Å². The SMILES string of the molecule is CC1(CO)C(C(N)=O)=C(O)CC2CC3Cc4c(Cl)cc(CN5CC=CC5)c(O)c4C(=O)C3=C(O)C21. The molecule has 5 rings (SSSR count). The number of nitrogens with two attached hydrogens (primary N) is 1. The van der Waals surface area contributed by atoms with Crippen LogP contribution in [0.2, 0.25) is 5.02 Å². The summed E-state index contributed by atoms with van der Waals surface area (Å²) in [5, 5.41) is 43.9. The second kappa shape index (κ2) is 8.40. The summed E-state index contributed by atoms with van der Waals surface area (Å²) in [7, 11) is 0. The molecule has 0 aromatic heterocycles. The number of Topliss-reactive ketones (excluding diaryl/α,β-unsaturated/α-hetero) is 1. The number of carbonyl (C=O) groups is 2. The van der Waals surface area contributed by atoms with Gasteiger partial charge >= 0.3 is 0 Å². The lowest BCUT2D eigenvalue weighted by molar-refractivity contribution is -0.117. The van der Waals surface area contributed by atoms with Gasteiger partial charge in [0.05, 0.1) is 17.7 Å². The second-order valence-electron chi connectivity index (χ2n) is 10.4. The monoisotopic (exact) mass is 500 g/mol. The zero-order chi connectivity index (χ0) is 25.2. The van der Waals surface area contributed by atoms with E-state index in [1.807, 2.05) is 12.2 Å². The standard InChI is InChI=1S/C26H29ClN2O6/c1-26(11-30)20-13(9-17(31)21(26)25(28)35)6-12-7-15-16(27)8-14(10-29-4-2-3-5-29)22(32)19(15)23(33)18(12)24(20)34/h2-3,8,12-13,20,30-32,34H,4-7,9-11H2,1H3,(H2,28,35). The summed E-state index contributed by atoms with van der Waals surface area (Å²) in [6.07, 6.45) is 4.96. The number of aliphatic hydroxyl groups excluding tert-OH is 3. The minimum absolute atomic E-state index is 0.103. The van der Waals surface area contributed by atoms with Gasteiger partial charge in [-0.05, 0) is 36.3 Å². The first-order chi connectivity index (χ1) is 16.6. The quantitative estimate of drug-likeness (QED) is 0.400. The first-order valence-corrected chi connectivity index (χ1v) is 12.2. The largest absolute Gasteiger partial charge is 0.512 e. The molecule has 0 spiro atoms. The first-order valence-electron chi connectivity index (χ1n) is 11.8. The number of allylic oxidation sites excluding steroid dienone is 3. The van der Waals surface area contributed by atoms with Gasteiger partial charge in [-0.3, -0.25) is 14.5 Å². The highest BCUT2D eigenvalue weighted by atomic mass is 35.5. The molecule has 1 aliphatic heterocycles. The van der Waals surface area contributed by atoms with Gasteiger partial charge in [0, 0.05) is 53.5 Å². The van der Waals surface area contributed by atoms with Crippen LogP contribution >= 0.6 is 11.6 Å². The van der Waals surface area contributed by atoms with E-state index in [0.29, 0.717) is 35.5 Å². The van der Waals surface area contributed by atoms with E-state index in [4.69, 9.17) is 17.3 Å². The molecule has 35 heavy (non-hydrogen) atoms. The highest BCUT2D eigenvalue weighted by molar-refractivity contribution is 6.32. The third-order valence-corrected chi connectivity index (χ3v) is 8.59. The number of hydrogen-bond acceptors (Lipinski definition) is 7. The molecule has 1 aromatic rings. The van der Waals surface area contributed by atoms with Crippen molar-refractivity contribution < 1.29 is 30.0 Å². The van der Waals surface area contributed by atoms with Crippen LogP contribution in [0.4, 0.5) is 0 Å². The lowest BCUT2D eigenvalue weighted by atomic mass is 9.54. The predicted octanol–water partition coefficient (Wildman–Crippen LogP) is 2.92. The van der Waals surface area contributed by atoms with Crippen LogP contribution in [0, 0.1) is 23.2 Å². The number of amides is 1. The fraction of sp³-hybridized carbons (Fsp3) is 0.462. The number of rotatable bonds is 4. The van der Waals surface area contributed by atoms with Gasteiger partial charge in [-0.2, -0.15) is 0 Å². The number of aliphatic hydroxyl groups is 3. The summed E-state index contributed by atoms with van der Waals surface area (Å²) < 4.78 is 0. The van der Waals surface area contributed by atoms with Gasteiger partial charge in [0.1, 0.15) is 17.3 Å². The van der Waals surface area contributed by atoms with Gasteiger partial charge < -0.3 is 26.2 Å². The van der Waals surface area contributed by atoms with Crippen molar-refractivity contribution in [1.29, 1.82) is 0 Å². The fourth-order valence-electron chi connectivity index (χ4n) is 6.74. The molecule has 4 atom stereocenters. The molecule has 3 aliphatic carbocycles. The molecule has 0 saturated heterocycles. The van der Waals surface area contributed by atoms with Crippen molar-refractivity contribution in [3.8, 4) is 5.75 Å². The molecule has 1 amide bonds. The summed E-state index contributed by atoms with van der Waals surface area (Å²) in [6, 6.07) is 1.71. The number of hydrogen-bond donors (Lipinski definition) is 5. The molecule has 186 valence electrons. The summed E-state index contributed by atoms with van der Waals surface area (Å²) in [5.41, 5.74) is 5.42. The Morgan fingerprint density at radius 3 is 2.54 bits per heavy atom. The molecule has 4 unspecified atom stereocenters. The van der Waals surface area contributed by atoms with Crippen LogP contribution in [-0.2, 0) is 17.8 Å². The van der Waals surface area contributed by atoms with Gasteiger partial charge in [0.2, 0.25) is 5.91 Å². The number of primary amides is 1. The van der Waals surface area contributed by atoms with Crippen LogP contribution in [0.1, 0.15) is 41.3 Å². The van der Waals surface area contributed by atoms with E-state index in [9.17, 15) is 30.0 Å². The van der Waals surface area contributed by atoms with Crippen LogP contribution in [0.3, 0.4) is 0 Å². The van der Waals surface area contributed by atoms with Crippen molar-refractivity contribution >= 4 is 23.3 Å². The van der Waals surface area contributed by atoms with Gasteiger partial charge in [0.15, 0.2) is 5.78 Å². The second-order valence-corrected chi connectivity index (χ2v) is 10.8. The number of phenolic OH excluding ortho intramolecular Hbond substituents is 1. The normalized spacial score (nSPS) is 30.4. The number of ketones is 1. The van der Waals surface area contributed by atoms with Crippen molar-refractivity contribution in [2.24, 2.45) is 28.9 Å². The summed E-state index contributed by atoms with van der Waals surface area (Å²) >= 11 is 6.61. The van der Waals surface area contributed by atoms with E-state index in [-0.39, 0.29) is 52.2 Å². The maximum atomic E-state index is 13.8. The number of carbonyl (C=O) groups excluding carboxylic acids is 2. The molecule has 4 aliphatic rings. The predicted molar refractivity (Wildman–Crippen MR) is 129 cm³/mol. The molecule has 0 bridgehead atoms.